The Morgan fingerprint density at radius 3 is 2.36 bits per heavy atom. The lowest BCUT2D eigenvalue weighted by Gasteiger charge is -2.05. The average molecular weight is 154 g/mol. The van der Waals surface area contributed by atoms with Gasteiger partial charge in [0.1, 0.15) is 0 Å². The van der Waals surface area contributed by atoms with Gasteiger partial charge in [0.25, 0.3) is 0 Å². The van der Waals surface area contributed by atoms with Crippen LogP contribution in [0.25, 0.3) is 0 Å². The molecule has 1 aromatic rings. The smallest absolute Gasteiger partial charge is 0.316 e. The normalized spacial score (nSPS) is 10.1. The third-order valence-corrected chi connectivity index (χ3v) is 0.956. The largest absolute Gasteiger partial charge is 0.505 e. The molecule has 0 aliphatic rings. The standard InChI is InChI=1S/C7H10N2O2/c1-5(2)11-7-8-3-6(10)4-9-7/h3-5,10H,1-2H3. The Hall–Kier alpha value is -1.32. The van der Waals surface area contributed by atoms with Gasteiger partial charge in [0.05, 0.1) is 18.5 Å². The summed E-state index contributed by atoms with van der Waals surface area (Å²) in [6.45, 7) is 3.77. The number of nitrogens with zero attached hydrogens (tertiary/aromatic N) is 2. The fourth-order valence-electron chi connectivity index (χ4n) is 0.581. The van der Waals surface area contributed by atoms with Crippen LogP contribution < -0.4 is 4.74 Å². The van der Waals surface area contributed by atoms with Crippen molar-refractivity contribution in [3.8, 4) is 11.8 Å². The SMILES string of the molecule is CC(C)Oc1ncc(O)cn1. The summed E-state index contributed by atoms with van der Waals surface area (Å²) >= 11 is 0. The van der Waals surface area contributed by atoms with Gasteiger partial charge in [-0.3, -0.25) is 0 Å². The quantitative estimate of drug-likeness (QED) is 0.689. The molecule has 0 unspecified atom stereocenters. The van der Waals surface area contributed by atoms with Crippen LogP contribution >= 0.6 is 0 Å². The first kappa shape index (κ1) is 7.78. The first-order valence-corrected chi connectivity index (χ1v) is 3.36. The fourth-order valence-corrected chi connectivity index (χ4v) is 0.581. The molecular weight excluding hydrogens is 144 g/mol. The fraction of sp³-hybridized carbons (Fsp3) is 0.429. The minimum absolute atomic E-state index is 0.0427. The van der Waals surface area contributed by atoms with Crippen LogP contribution in [0.1, 0.15) is 13.8 Å². The van der Waals surface area contributed by atoms with Crippen LogP contribution in [-0.4, -0.2) is 21.2 Å². The Labute approximate surface area is 64.9 Å². The Balaban J connectivity index is 2.66. The highest BCUT2D eigenvalue weighted by molar-refractivity contribution is 5.11. The van der Waals surface area contributed by atoms with Crippen LogP contribution in [0.5, 0.6) is 11.8 Å². The number of rotatable bonds is 2. The first-order chi connectivity index (χ1) is 5.18. The molecule has 0 atom stereocenters. The summed E-state index contributed by atoms with van der Waals surface area (Å²) in [6, 6.07) is 0.290. The third kappa shape index (κ3) is 2.41. The Morgan fingerprint density at radius 2 is 1.91 bits per heavy atom. The molecule has 0 fully saturated rings. The van der Waals surface area contributed by atoms with Crippen molar-refractivity contribution in [1.29, 1.82) is 0 Å². The summed E-state index contributed by atoms with van der Waals surface area (Å²) in [7, 11) is 0. The molecule has 1 rings (SSSR count). The summed E-state index contributed by atoms with van der Waals surface area (Å²) in [5.41, 5.74) is 0. The van der Waals surface area contributed by atoms with Crippen LogP contribution in [0.4, 0.5) is 0 Å². The van der Waals surface area contributed by atoms with E-state index in [4.69, 9.17) is 9.84 Å². The van der Waals surface area contributed by atoms with E-state index in [-0.39, 0.29) is 17.9 Å². The second kappa shape index (κ2) is 3.18. The molecule has 4 nitrogen and oxygen atoms in total. The van der Waals surface area contributed by atoms with Crippen molar-refractivity contribution in [2.75, 3.05) is 0 Å². The summed E-state index contributed by atoms with van der Waals surface area (Å²) in [5.74, 6) is 0.0427. The van der Waals surface area contributed by atoms with E-state index in [1.54, 1.807) is 0 Å². The minimum atomic E-state index is 0.0427. The van der Waals surface area contributed by atoms with Gasteiger partial charge in [0.2, 0.25) is 0 Å². The predicted octanol–water partition coefficient (Wildman–Crippen LogP) is 0.969. The molecule has 4 heteroatoms. The molecule has 1 N–H and O–H groups in total. The van der Waals surface area contributed by atoms with E-state index in [1.165, 1.54) is 12.4 Å². The molecule has 0 amide bonds. The lowest BCUT2D eigenvalue weighted by atomic mass is 10.5. The maximum absolute atomic E-state index is 8.81. The van der Waals surface area contributed by atoms with E-state index >= 15 is 0 Å². The Morgan fingerprint density at radius 1 is 1.36 bits per heavy atom. The molecule has 60 valence electrons. The van der Waals surface area contributed by atoms with Crippen molar-refractivity contribution in [1.82, 2.24) is 9.97 Å². The molecule has 0 saturated carbocycles. The van der Waals surface area contributed by atoms with Gasteiger partial charge in [0, 0.05) is 0 Å². The lowest BCUT2D eigenvalue weighted by molar-refractivity contribution is 0.221. The number of hydrogen-bond donors (Lipinski definition) is 1. The zero-order chi connectivity index (χ0) is 8.27. The molecule has 0 saturated heterocycles. The number of aromatic hydroxyl groups is 1. The van der Waals surface area contributed by atoms with E-state index in [0.29, 0.717) is 0 Å². The van der Waals surface area contributed by atoms with E-state index in [2.05, 4.69) is 9.97 Å². The number of aromatic nitrogens is 2. The van der Waals surface area contributed by atoms with Crippen LogP contribution in [0.2, 0.25) is 0 Å². The van der Waals surface area contributed by atoms with Gasteiger partial charge in [-0.25, -0.2) is 0 Å². The Kier molecular flexibility index (Phi) is 2.25. The van der Waals surface area contributed by atoms with Gasteiger partial charge in [-0.2, -0.15) is 9.97 Å². The highest BCUT2D eigenvalue weighted by atomic mass is 16.5. The highest BCUT2D eigenvalue weighted by Gasteiger charge is 1.98. The zero-order valence-corrected chi connectivity index (χ0v) is 6.48. The summed E-state index contributed by atoms with van der Waals surface area (Å²) < 4.78 is 5.14. The van der Waals surface area contributed by atoms with Gasteiger partial charge < -0.3 is 9.84 Å². The molecule has 0 aliphatic heterocycles. The van der Waals surface area contributed by atoms with Crippen molar-refractivity contribution in [2.24, 2.45) is 0 Å². The predicted molar refractivity (Wildman–Crippen MR) is 39.5 cm³/mol. The maximum atomic E-state index is 8.81. The van der Waals surface area contributed by atoms with Crippen LogP contribution in [0.3, 0.4) is 0 Å². The van der Waals surface area contributed by atoms with Crippen molar-refractivity contribution >= 4 is 0 Å². The zero-order valence-electron chi connectivity index (χ0n) is 6.48. The van der Waals surface area contributed by atoms with Crippen molar-refractivity contribution in [3.63, 3.8) is 0 Å². The van der Waals surface area contributed by atoms with Gasteiger partial charge in [0.15, 0.2) is 5.75 Å². The topological polar surface area (TPSA) is 55.2 Å². The van der Waals surface area contributed by atoms with Gasteiger partial charge in [-0.05, 0) is 13.8 Å². The van der Waals surface area contributed by atoms with Gasteiger partial charge >= 0.3 is 6.01 Å². The molecule has 11 heavy (non-hydrogen) atoms. The first-order valence-electron chi connectivity index (χ1n) is 3.36. The molecular formula is C7H10N2O2. The molecule has 0 aliphatic carbocycles. The monoisotopic (exact) mass is 154 g/mol. The van der Waals surface area contributed by atoms with E-state index in [9.17, 15) is 0 Å². The van der Waals surface area contributed by atoms with E-state index < -0.39 is 0 Å². The van der Waals surface area contributed by atoms with Gasteiger partial charge in [-0.15, -0.1) is 0 Å². The molecule has 0 spiro atoms. The maximum Gasteiger partial charge on any atom is 0.316 e. The third-order valence-electron chi connectivity index (χ3n) is 0.956. The molecule has 0 bridgehead atoms. The number of hydrogen-bond acceptors (Lipinski definition) is 4. The summed E-state index contributed by atoms with van der Waals surface area (Å²) in [6.07, 6.45) is 2.65. The molecule has 0 radical (unpaired) electrons. The Bertz CT molecular complexity index is 220. The van der Waals surface area contributed by atoms with Crippen molar-refractivity contribution in [2.45, 2.75) is 20.0 Å². The van der Waals surface area contributed by atoms with Crippen LogP contribution in [0, 0.1) is 0 Å². The van der Waals surface area contributed by atoms with Crippen molar-refractivity contribution < 1.29 is 9.84 Å². The molecule has 0 aromatic carbocycles. The van der Waals surface area contributed by atoms with Crippen LogP contribution in [0.15, 0.2) is 12.4 Å². The summed E-state index contributed by atoms with van der Waals surface area (Å²) in [4.78, 5) is 7.47. The van der Waals surface area contributed by atoms with Crippen molar-refractivity contribution in [3.05, 3.63) is 12.4 Å². The number of ether oxygens (including phenoxy) is 1. The minimum Gasteiger partial charge on any atom is -0.505 e. The average Bonchev–Trinajstić information content (AvgIpc) is 1.93. The molecule has 1 heterocycles. The van der Waals surface area contributed by atoms with Gasteiger partial charge in [-0.1, -0.05) is 0 Å². The summed E-state index contributed by atoms with van der Waals surface area (Å²) in [5, 5.41) is 8.81. The second-order valence-corrected chi connectivity index (χ2v) is 2.39. The van der Waals surface area contributed by atoms with E-state index in [1.807, 2.05) is 13.8 Å². The lowest BCUT2D eigenvalue weighted by Crippen LogP contribution is -2.07. The van der Waals surface area contributed by atoms with Crippen LogP contribution in [-0.2, 0) is 0 Å². The molecule has 1 aromatic heterocycles. The van der Waals surface area contributed by atoms with E-state index in [0.717, 1.165) is 0 Å². The highest BCUT2D eigenvalue weighted by Crippen LogP contribution is 2.07. The second-order valence-electron chi connectivity index (χ2n) is 2.39.